The number of para-hydroxylation sites is 1. The molecule has 30 heavy (non-hydrogen) atoms. The van der Waals surface area contributed by atoms with E-state index in [9.17, 15) is 9.59 Å². The van der Waals surface area contributed by atoms with Crippen molar-refractivity contribution in [3.63, 3.8) is 0 Å². The molecule has 154 valence electrons. The molecule has 1 aliphatic heterocycles. The standard InChI is InChI=1S/C24H25N3O2S/c1-16-10-11-20(17(2)13-16)23-26-21(15-30-23)24(29)27-12-6-7-18(14-27)22(28)25-19-8-4-3-5-9-19/h3-5,8-11,13,15,18H,6-7,12,14H2,1-2H3,(H,25,28). The van der Waals surface area contributed by atoms with Crippen LogP contribution in [0.5, 0.6) is 0 Å². The van der Waals surface area contributed by atoms with Crippen molar-refractivity contribution < 1.29 is 9.59 Å². The molecule has 6 heteroatoms. The van der Waals surface area contributed by atoms with Gasteiger partial charge in [0, 0.05) is 29.7 Å². The molecule has 2 aromatic carbocycles. The van der Waals surface area contributed by atoms with Gasteiger partial charge in [-0.2, -0.15) is 0 Å². The van der Waals surface area contributed by atoms with E-state index in [1.165, 1.54) is 16.9 Å². The number of likely N-dealkylation sites (tertiary alicyclic amines) is 1. The molecule has 1 fully saturated rings. The summed E-state index contributed by atoms with van der Waals surface area (Å²) in [6, 6.07) is 15.7. The van der Waals surface area contributed by atoms with Crippen LogP contribution in [0.3, 0.4) is 0 Å². The van der Waals surface area contributed by atoms with E-state index in [4.69, 9.17) is 0 Å². The van der Waals surface area contributed by atoms with Crippen molar-refractivity contribution in [3.8, 4) is 10.6 Å². The number of aryl methyl sites for hydroxylation is 2. The molecule has 0 saturated carbocycles. The average molecular weight is 420 g/mol. The van der Waals surface area contributed by atoms with Crippen LogP contribution in [0.1, 0.15) is 34.5 Å². The second kappa shape index (κ2) is 8.79. The number of thiazole rings is 1. The molecule has 1 aromatic heterocycles. The topological polar surface area (TPSA) is 62.3 Å². The smallest absolute Gasteiger partial charge is 0.273 e. The Morgan fingerprint density at radius 2 is 1.93 bits per heavy atom. The van der Waals surface area contributed by atoms with Crippen LogP contribution in [0, 0.1) is 19.8 Å². The molecule has 5 nitrogen and oxygen atoms in total. The fourth-order valence-electron chi connectivity index (χ4n) is 3.85. The largest absolute Gasteiger partial charge is 0.336 e. The number of carbonyl (C=O) groups is 2. The van der Waals surface area contributed by atoms with Crippen molar-refractivity contribution in [1.82, 2.24) is 9.88 Å². The first-order chi connectivity index (χ1) is 14.5. The van der Waals surface area contributed by atoms with Crippen molar-refractivity contribution in [2.24, 2.45) is 5.92 Å². The Hall–Kier alpha value is -2.99. The fourth-order valence-corrected chi connectivity index (χ4v) is 4.74. The summed E-state index contributed by atoms with van der Waals surface area (Å²) in [5.41, 5.74) is 4.65. The van der Waals surface area contributed by atoms with Crippen molar-refractivity contribution in [2.75, 3.05) is 18.4 Å². The van der Waals surface area contributed by atoms with E-state index < -0.39 is 0 Å². The van der Waals surface area contributed by atoms with Gasteiger partial charge in [0.2, 0.25) is 5.91 Å². The lowest BCUT2D eigenvalue weighted by molar-refractivity contribution is -0.121. The summed E-state index contributed by atoms with van der Waals surface area (Å²) in [7, 11) is 0. The Kier molecular flexibility index (Phi) is 5.95. The molecule has 3 aromatic rings. The Morgan fingerprint density at radius 3 is 2.70 bits per heavy atom. The lowest BCUT2D eigenvalue weighted by atomic mass is 9.96. The van der Waals surface area contributed by atoms with Crippen molar-refractivity contribution in [2.45, 2.75) is 26.7 Å². The molecule has 2 heterocycles. The van der Waals surface area contributed by atoms with E-state index in [-0.39, 0.29) is 17.7 Å². The SMILES string of the molecule is Cc1ccc(-c2nc(C(=O)N3CCCC(C(=O)Nc4ccccc4)C3)cs2)c(C)c1. The maximum Gasteiger partial charge on any atom is 0.273 e. The predicted molar refractivity (Wildman–Crippen MR) is 121 cm³/mol. The van der Waals surface area contributed by atoms with Crippen molar-refractivity contribution in [1.29, 1.82) is 0 Å². The molecule has 0 spiro atoms. The van der Waals surface area contributed by atoms with E-state index >= 15 is 0 Å². The zero-order chi connectivity index (χ0) is 21.1. The highest BCUT2D eigenvalue weighted by Gasteiger charge is 2.30. The summed E-state index contributed by atoms with van der Waals surface area (Å²) in [4.78, 5) is 32.1. The van der Waals surface area contributed by atoms with E-state index in [1.54, 1.807) is 4.90 Å². The predicted octanol–water partition coefficient (Wildman–Crippen LogP) is 4.92. The Balaban J connectivity index is 1.44. The van der Waals surface area contributed by atoms with Gasteiger partial charge in [-0.25, -0.2) is 4.98 Å². The first-order valence-electron chi connectivity index (χ1n) is 10.2. The van der Waals surface area contributed by atoms with Crippen LogP contribution in [0.4, 0.5) is 5.69 Å². The van der Waals surface area contributed by atoms with Crippen LogP contribution in [-0.2, 0) is 4.79 Å². The Bertz CT molecular complexity index is 1060. The number of anilines is 1. The van der Waals surface area contributed by atoms with E-state index in [1.807, 2.05) is 35.7 Å². The molecule has 1 N–H and O–H groups in total. The van der Waals surface area contributed by atoms with Crippen LogP contribution >= 0.6 is 11.3 Å². The molecule has 0 bridgehead atoms. The molecule has 1 saturated heterocycles. The molecule has 1 atom stereocenters. The summed E-state index contributed by atoms with van der Waals surface area (Å²) in [6.45, 7) is 5.21. The van der Waals surface area contributed by atoms with Crippen molar-refractivity contribution >= 4 is 28.8 Å². The summed E-state index contributed by atoms with van der Waals surface area (Å²) in [5, 5.41) is 5.63. The zero-order valence-corrected chi connectivity index (χ0v) is 18.0. The number of piperidine rings is 1. The fraction of sp³-hybridized carbons (Fsp3) is 0.292. The van der Waals surface area contributed by atoms with Gasteiger partial charge in [-0.3, -0.25) is 9.59 Å². The van der Waals surface area contributed by atoms with Gasteiger partial charge < -0.3 is 10.2 Å². The number of aromatic nitrogens is 1. The van der Waals surface area contributed by atoms with Gasteiger partial charge in [-0.1, -0.05) is 42.0 Å². The van der Waals surface area contributed by atoms with Gasteiger partial charge >= 0.3 is 0 Å². The first-order valence-corrected chi connectivity index (χ1v) is 11.1. The minimum absolute atomic E-state index is 0.0343. The van der Waals surface area contributed by atoms with E-state index in [0.717, 1.165) is 34.7 Å². The van der Waals surface area contributed by atoms with Gasteiger partial charge in [0.15, 0.2) is 0 Å². The molecule has 0 radical (unpaired) electrons. The van der Waals surface area contributed by atoms with Gasteiger partial charge in [0.1, 0.15) is 10.7 Å². The number of rotatable bonds is 4. The number of carbonyl (C=O) groups excluding carboxylic acids is 2. The van der Waals surface area contributed by atoms with Crippen molar-refractivity contribution in [3.05, 3.63) is 70.7 Å². The number of hydrogen-bond acceptors (Lipinski definition) is 4. The highest BCUT2D eigenvalue weighted by Crippen LogP contribution is 2.28. The summed E-state index contributed by atoms with van der Waals surface area (Å²) >= 11 is 1.49. The molecule has 1 aliphatic rings. The molecule has 0 aliphatic carbocycles. The lowest BCUT2D eigenvalue weighted by Gasteiger charge is -2.31. The molecule has 4 rings (SSSR count). The third kappa shape index (κ3) is 4.44. The van der Waals surface area contributed by atoms with E-state index in [2.05, 4.69) is 42.3 Å². The normalized spacial score (nSPS) is 16.3. The highest BCUT2D eigenvalue weighted by atomic mass is 32.1. The second-order valence-electron chi connectivity index (χ2n) is 7.80. The van der Waals surface area contributed by atoms with Crippen LogP contribution in [0.2, 0.25) is 0 Å². The van der Waals surface area contributed by atoms with Gasteiger partial charge in [0.05, 0.1) is 5.92 Å². The Morgan fingerprint density at radius 1 is 1.13 bits per heavy atom. The number of nitrogens with one attached hydrogen (secondary N) is 1. The number of amides is 2. The van der Waals surface area contributed by atoms with E-state index in [0.29, 0.717) is 18.8 Å². The number of hydrogen-bond donors (Lipinski definition) is 1. The number of benzene rings is 2. The highest BCUT2D eigenvalue weighted by molar-refractivity contribution is 7.13. The monoisotopic (exact) mass is 419 g/mol. The van der Waals surface area contributed by atoms with Gasteiger partial charge in [0.25, 0.3) is 5.91 Å². The molecular weight excluding hydrogens is 394 g/mol. The first kappa shape index (κ1) is 20.3. The summed E-state index contributed by atoms with van der Waals surface area (Å²) < 4.78 is 0. The summed E-state index contributed by atoms with van der Waals surface area (Å²) in [6.07, 6.45) is 1.60. The van der Waals surface area contributed by atoms with Crippen LogP contribution < -0.4 is 5.32 Å². The lowest BCUT2D eigenvalue weighted by Crippen LogP contribution is -2.43. The number of nitrogens with zero attached hydrogens (tertiary/aromatic N) is 2. The molecule has 2 amide bonds. The molecular formula is C24H25N3O2S. The average Bonchev–Trinajstić information content (AvgIpc) is 3.24. The van der Waals surface area contributed by atoms with Crippen LogP contribution in [0.15, 0.2) is 53.9 Å². The zero-order valence-electron chi connectivity index (χ0n) is 17.2. The van der Waals surface area contributed by atoms with Crippen LogP contribution in [0.25, 0.3) is 10.6 Å². The second-order valence-corrected chi connectivity index (χ2v) is 8.66. The minimum atomic E-state index is -0.208. The summed E-state index contributed by atoms with van der Waals surface area (Å²) in [5.74, 6) is -0.340. The van der Waals surface area contributed by atoms with Gasteiger partial charge in [-0.05, 0) is 44.4 Å². The van der Waals surface area contributed by atoms with Gasteiger partial charge in [-0.15, -0.1) is 11.3 Å². The Labute approximate surface area is 180 Å². The molecule has 1 unspecified atom stereocenters. The quantitative estimate of drug-likeness (QED) is 0.653. The third-order valence-electron chi connectivity index (χ3n) is 5.46. The third-order valence-corrected chi connectivity index (χ3v) is 6.33. The van der Waals surface area contributed by atoms with Crippen LogP contribution in [-0.4, -0.2) is 34.8 Å². The maximum absolute atomic E-state index is 13.0. The minimum Gasteiger partial charge on any atom is -0.336 e. The maximum atomic E-state index is 13.0.